The average molecular weight is 338 g/mol. The highest BCUT2D eigenvalue weighted by molar-refractivity contribution is 5.74. The van der Waals surface area contributed by atoms with Crippen molar-refractivity contribution >= 4 is 6.03 Å². The Bertz CT molecular complexity index is 547. The van der Waals surface area contributed by atoms with Crippen molar-refractivity contribution in [2.45, 2.75) is 25.2 Å². The Labute approximate surface area is 129 Å². The molecule has 23 heavy (non-hydrogen) atoms. The van der Waals surface area contributed by atoms with Crippen LogP contribution >= 0.6 is 0 Å². The lowest BCUT2D eigenvalue weighted by Crippen LogP contribution is -2.56. The smallest absolute Gasteiger partial charge is 0.382 e. The fourth-order valence-corrected chi connectivity index (χ4v) is 2.20. The summed E-state index contributed by atoms with van der Waals surface area (Å²) in [6, 6.07) is -0.456. The third-order valence-corrected chi connectivity index (χ3v) is 3.19. The van der Waals surface area contributed by atoms with E-state index in [-0.39, 0.29) is 12.4 Å². The fourth-order valence-electron chi connectivity index (χ4n) is 2.20. The van der Waals surface area contributed by atoms with Crippen LogP contribution in [-0.2, 0) is 22.2 Å². The molecule has 1 fully saturated rings. The molecule has 1 aliphatic heterocycles. The lowest BCUT2D eigenvalue weighted by molar-refractivity contribution is -0.146. The Hall–Kier alpha value is -1.88. The molecule has 2 amide bonds. The summed E-state index contributed by atoms with van der Waals surface area (Å²) in [5, 5.41) is 5.25. The van der Waals surface area contributed by atoms with Gasteiger partial charge in [0.25, 0.3) is 5.82 Å². The van der Waals surface area contributed by atoms with Gasteiger partial charge in [0.05, 0.1) is 26.3 Å². The molecular formula is C12H17F3N4O4. The highest BCUT2D eigenvalue weighted by Gasteiger charge is 2.37. The topological polar surface area (TPSA) is 89.7 Å². The summed E-state index contributed by atoms with van der Waals surface area (Å²) >= 11 is 0. The van der Waals surface area contributed by atoms with Crippen molar-refractivity contribution in [3.63, 3.8) is 0 Å². The number of carbonyl (C=O) groups excluding carboxylic acids is 1. The second kappa shape index (κ2) is 6.71. The van der Waals surface area contributed by atoms with E-state index in [1.807, 2.05) is 6.92 Å². The number of methoxy groups -OCH3 is 1. The minimum atomic E-state index is -4.68. The number of ether oxygens (including phenoxy) is 2. The van der Waals surface area contributed by atoms with E-state index in [0.29, 0.717) is 26.3 Å². The molecule has 0 aromatic carbocycles. The molecular weight excluding hydrogens is 321 g/mol. The molecule has 0 radical (unpaired) electrons. The van der Waals surface area contributed by atoms with E-state index in [1.54, 1.807) is 0 Å². The van der Waals surface area contributed by atoms with Gasteiger partial charge in [-0.25, -0.2) is 4.79 Å². The lowest BCUT2D eigenvalue weighted by Gasteiger charge is -2.39. The van der Waals surface area contributed by atoms with Gasteiger partial charge in [-0.1, -0.05) is 5.16 Å². The Morgan fingerprint density at radius 2 is 2.26 bits per heavy atom. The summed E-state index contributed by atoms with van der Waals surface area (Å²) in [5.41, 5.74) is -0.627. The second-order valence-corrected chi connectivity index (χ2v) is 5.32. The number of carbonyl (C=O) groups is 1. The van der Waals surface area contributed by atoms with Crippen molar-refractivity contribution in [2.24, 2.45) is 0 Å². The van der Waals surface area contributed by atoms with E-state index in [9.17, 15) is 18.0 Å². The van der Waals surface area contributed by atoms with Crippen LogP contribution in [0.2, 0.25) is 0 Å². The Kier molecular flexibility index (Phi) is 5.09. The molecule has 0 aliphatic carbocycles. The number of halogens is 3. The Morgan fingerprint density at radius 3 is 2.87 bits per heavy atom. The van der Waals surface area contributed by atoms with E-state index in [2.05, 4.69) is 20.0 Å². The van der Waals surface area contributed by atoms with Crippen LogP contribution in [0.25, 0.3) is 0 Å². The van der Waals surface area contributed by atoms with Gasteiger partial charge in [-0.05, 0) is 6.92 Å². The third-order valence-electron chi connectivity index (χ3n) is 3.19. The molecule has 11 heteroatoms. The molecule has 0 bridgehead atoms. The van der Waals surface area contributed by atoms with Crippen molar-refractivity contribution in [2.75, 3.05) is 33.4 Å². The second-order valence-electron chi connectivity index (χ2n) is 5.32. The predicted molar refractivity (Wildman–Crippen MR) is 69.3 cm³/mol. The summed E-state index contributed by atoms with van der Waals surface area (Å²) < 4.78 is 52.1. The van der Waals surface area contributed by atoms with Crippen LogP contribution in [0.4, 0.5) is 18.0 Å². The zero-order valence-corrected chi connectivity index (χ0v) is 12.6. The first-order chi connectivity index (χ1) is 10.7. The highest BCUT2D eigenvalue weighted by Crippen LogP contribution is 2.26. The monoisotopic (exact) mass is 338 g/mol. The molecule has 1 aliphatic rings. The molecule has 1 atom stereocenters. The molecule has 1 saturated heterocycles. The number of hydrogen-bond acceptors (Lipinski definition) is 6. The molecule has 0 saturated carbocycles. The van der Waals surface area contributed by atoms with E-state index in [4.69, 9.17) is 9.47 Å². The maximum absolute atomic E-state index is 12.3. The van der Waals surface area contributed by atoms with Gasteiger partial charge in [-0.3, -0.25) is 0 Å². The van der Waals surface area contributed by atoms with Gasteiger partial charge in [0.15, 0.2) is 0 Å². The van der Waals surface area contributed by atoms with Crippen LogP contribution in [0.3, 0.4) is 0 Å². The molecule has 130 valence electrons. The lowest BCUT2D eigenvalue weighted by atomic mass is 10.1. The first-order valence-corrected chi connectivity index (χ1v) is 6.79. The number of urea groups is 1. The minimum Gasteiger partial charge on any atom is -0.382 e. The molecule has 2 heterocycles. The number of amides is 2. The Balaban J connectivity index is 1.88. The van der Waals surface area contributed by atoms with E-state index in [1.165, 1.54) is 12.0 Å². The number of rotatable bonds is 4. The maximum Gasteiger partial charge on any atom is 0.455 e. The zero-order valence-electron chi connectivity index (χ0n) is 12.6. The van der Waals surface area contributed by atoms with Crippen LogP contribution in [0, 0.1) is 0 Å². The van der Waals surface area contributed by atoms with E-state index in [0.717, 1.165) is 0 Å². The van der Waals surface area contributed by atoms with Crippen LogP contribution in [0.5, 0.6) is 0 Å². The van der Waals surface area contributed by atoms with E-state index >= 15 is 0 Å². The van der Waals surface area contributed by atoms with Gasteiger partial charge in [-0.15, -0.1) is 0 Å². The van der Waals surface area contributed by atoms with Crippen molar-refractivity contribution in [1.29, 1.82) is 0 Å². The van der Waals surface area contributed by atoms with Crippen molar-refractivity contribution in [3.05, 3.63) is 11.7 Å². The fraction of sp³-hybridized carbons (Fsp3) is 0.750. The first kappa shape index (κ1) is 17.5. The Morgan fingerprint density at radius 1 is 1.52 bits per heavy atom. The van der Waals surface area contributed by atoms with Gasteiger partial charge in [0.1, 0.15) is 5.60 Å². The van der Waals surface area contributed by atoms with Crippen molar-refractivity contribution in [1.82, 2.24) is 20.4 Å². The number of nitrogens with one attached hydrogen (secondary N) is 1. The van der Waals surface area contributed by atoms with Gasteiger partial charge in [0.2, 0.25) is 5.89 Å². The third kappa shape index (κ3) is 4.55. The minimum absolute atomic E-state index is 0.291. The van der Waals surface area contributed by atoms with Gasteiger partial charge >= 0.3 is 12.2 Å². The first-order valence-electron chi connectivity index (χ1n) is 6.79. The van der Waals surface area contributed by atoms with Crippen molar-refractivity contribution < 1.29 is 32.0 Å². The summed E-state index contributed by atoms with van der Waals surface area (Å²) in [7, 11) is 1.53. The largest absolute Gasteiger partial charge is 0.455 e. The molecule has 1 aromatic heterocycles. The maximum atomic E-state index is 12.3. The standard InChI is InChI=1S/C12H17F3N4O4/c1-11(7-21-2)6-19(3-4-22-11)10(20)16-5-8-17-9(18-23-8)12(13,14)15/h3-7H2,1-2H3,(H,16,20). The van der Waals surface area contributed by atoms with Crippen LogP contribution < -0.4 is 5.32 Å². The zero-order chi connectivity index (χ0) is 17.1. The molecule has 1 unspecified atom stereocenters. The van der Waals surface area contributed by atoms with Crippen LogP contribution in [0.15, 0.2) is 4.52 Å². The summed E-state index contributed by atoms with van der Waals surface area (Å²) in [6.07, 6.45) is -4.68. The van der Waals surface area contributed by atoms with Gasteiger partial charge in [-0.2, -0.15) is 18.2 Å². The number of hydrogen-bond donors (Lipinski definition) is 1. The predicted octanol–water partition coefficient (Wildman–Crippen LogP) is 1.04. The van der Waals surface area contributed by atoms with Gasteiger partial charge in [0, 0.05) is 13.7 Å². The SMILES string of the molecule is COCC1(C)CN(C(=O)NCc2nc(C(F)(F)F)no2)CCO1. The number of morpholine rings is 1. The van der Waals surface area contributed by atoms with E-state index < -0.39 is 23.6 Å². The molecule has 1 N–H and O–H groups in total. The number of nitrogens with zero attached hydrogens (tertiary/aromatic N) is 3. The van der Waals surface area contributed by atoms with Crippen LogP contribution in [-0.4, -0.2) is 60.1 Å². The summed E-state index contributed by atoms with van der Waals surface area (Å²) in [4.78, 5) is 16.7. The van der Waals surface area contributed by atoms with Crippen molar-refractivity contribution in [3.8, 4) is 0 Å². The molecule has 8 nitrogen and oxygen atoms in total. The normalized spacial score (nSPS) is 22.2. The molecule has 2 rings (SSSR count). The molecule has 0 spiro atoms. The summed E-state index contributed by atoms with van der Waals surface area (Å²) in [6.45, 7) is 2.83. The number of alkyl halides is 3. The quantitative estimate of drug-likeness (QED) is 0.882. The highest BCUT2D eigenvalue weighted by atomic mass is 19.4. The van der Waals surface area contributed by atoms with Crippen LogP contribution in [0.1, 0.15) is 18.6 Å². The molecule has 1 aromatic rings. The number of aromatic nitrogens is 2. The average Bonchev–Trinajstić information content (AvgIpc) is 2.93. The van der Waals surface area contributed by atoms with Gasteiger partial charge < -0.3 is 24.2 Å². The summed E-state index contributed by atoms with van der Waals surface area (Å²) in [5.74, 6) is -1.70.